The van der Waals surface area contributed by atoms with E-state index in [9.17, 15) is 29.0 Å². The number of amides is 2. The summed E-state index contributed by atoms with van der Waals surface area (Å²) in [6, 6.07) is 17.0. The van der Waals surface area contributed by atoms with Crippen molar-refractivity contribution in [3.63, 3.8) is 0 Å². The van der Waals surface area contributed by atoms with Crippen LogP contribution in [0.3, 0.4) is 0 Å². The molecule has 0 radical (unpaired) electrons. The second-order valence-electron chi connectivity index (χ2n) is 12.3. The van der Waals surface area contributed by atoms with E-state index in [4.69, 9.17) is 0 Å². The van der Waals surface area contributed by atoms with Crippen LogP contribution in [-0.4, -0.2) is 114 Å². The fourth-order valence-corrected chi connectivity index (χ4v) is 6.61. The number of halogens is 1. The highest BCUT2D eigenvalue weighted by molar-refractivity contribution is 6.02. The van der Waals surface area contributed by atoms with E-state index in [1.165, 1.54) is 30.3 Å². The molecule has 0 saturated carbocycles. The Hall–Kier alpha value is -4.28. The number of hydrogen-bond acceptors (Lipinski definition) is 7. The Labute approximate surface area is 263 Å². The maximum atomic E-state index is 15.0. The lowest BCUT2D eigenvalue weighted by Gasteiger charge is -2.44. The lowest BCUT2D eigenvalue weighted by atomic mass is 9.67. The fraction of sp³-hybridized carbons (Fsp3) is 0.400. The Balaban J connectivity index is 1.49. The molecule has 0 bridgehead atoms. The van der Waals surface area contributed by atoms with Crippen LogP contribution in [0.25, 0.3) is 0 Å². The van der Waals surface area contributed by atoms with E-state index in [-0.39, 0.29) is 42.2 Å². The summed E-state index contributed by atoms with van der Waals surface area (Å²) in [4.78, 5) is 49.3. The first kappa shape index (κ1) is 32.1. The zero-order valence-corrected chi connectivity index (χ0v) is 26.0. The maximum absolute atomic E-state index is 15.0. The molecule has 2 N–H and O–H groups in total. The van der Waals surface area contributed by atoms with Crippen molar-refractivity contribution in [2.24, 2.45) is 11.8 Å². The van der Waals surface area contributed by atoms with Crippen LogP contribution in [-0.2, 0) is 0 Å². The molecule has 238 valence electrons. The molecule has 3 aromatic carbocycles. The third-order valence-corrected chi connectivity index (χ3v) is 9.06. The number of rotatable bonds is 11. The molecule has 0 aromatic heterocycles. The number of piperidine rings is 1. The number of carbonyl (C=O) groups excluding carboxylic acids is 3. The van der Waals surface area contributed by atoms with E-state index in [1.807, 2.05) is 28.8 Å². The van der Waals surface area contributed by atoms with Crippen LogP contribution in [0.15, 0.2) is 66.7 Å². The van der Waals surface area contributed by atoms with Crippen LogP contribution in [0.1, 0.15) is 37.8 Å². The molecular weight excluding hydrogens is 575 g/mol. The number of aromatic hydroxyl groups is 2. The molecular formula is C35H41FN4O5. The molecule has 2 atom stereocenters. The SMILES string of the molecule is Cc1c(F)cccc1C1C(C(=O)c2cccc(O)c2)CN(CCN2CCN(CCN(C)C)C2=O)CC1C(=O)c1cccc(O)c1. The van der Waals surface area contributed by atoms with E-state index in [2.05, 4.69) is 0 Å². The first-order valence-corrected chi connectivity index (χ1v) is 15.4. The smallest absolute Gasteiger partial charge is 0.320 e. The summed E-state index contributed by atoms with van der Waals surface area (Å²) in [5.74, 6) is -3.21. The van der Waals surface area contributed by atoms with Crippen LogP contribution in [0.4, 0.5) is 9.18 Å². The number of likely N-dealkylation sites (N-methyl/N-ethyl adjacent to an activating group) is 1. The third-order valence-electron chi connectivity index (χ3n) is 9.06. The molecule has 2 saturated heterocycles. The summed E-state index contributed by atoms with van der Waals surface area (Å²) < 4.78 is 15.0. The van der Waals surface area contributed by atoms with Gasteiger partial charge in [0.1, 0.15) is 17.3 Å². The highest BCUT2D eigenvalue weighted by atomic mass is 19.1. The predicted octanol–water partition coefficient (Wildman–Crippen LogP) is 4.24. The van der Waals surface area contributed by atoms with Crippen molar-refractivity contribution in [3.8, 4) is 11.5 Å². The van der Waals surface area contributed by atoms with Crippen LogP contribution < -0.4 is 0 Å². The molecule has 3 aromatic rings. The molecule has 2 amide bonds. The first-order chi connectivity index (χ1) is 21.5. The van der Waals surface area contributed by atoms with Gasteiger partial charge in [0.05, 0.1) is 0 Å². The number of ketones is 2. The highest BCUT2D eigenvalue weighted by Crippen LogP contribution is 2.42. The Morgan fingerprint density at radius 2 is 1.36 bits per heavy atom. The molecule has 2 fully saturated rings. The van der Waals surface area contributed by atoms with E-state index < -0.39 is 23.6 Å². The lowest BCUT2D eigenvalue weighted by molar-refractivity contribution is 0.0556. The van der Waals surface area contributed by atoms with Gasteiger partial charge in [0, 0.05) is 81.2 Å². The number of phenols is 2. The van der Waals surface area contributed by atoms with Crippen LogP contribution in [0.2, 0.25) is 0 Å². The standard InChI is InChI=1S/C35H41FN4O5/c1-23-28(11-6-12-31(23)36)32-29(33(43)24-7-4-9-26(41)19-24)21-38(22-30(32)34(44)25-8-5-10-27(42)20-25)14-16-40-18-17-39(35(40)45)15-13-37(2)3/h4-12,19-20,29-30,32,41-42H,13-18,21-22H2,1-3H3. The minimum atomic E-state index is -0.752. The van der Waals surface area contributed by atoms with E-state index in [1.54, 1.807) is 48.2 Å². The van der Waals surface area contributed by atoms with Gasteiger partial charge < -0.3 is 29.8 Å². The number of nitrogens with zero attached hydrogens (tertiary/aromatic N) is 4. The first-order valence-electron chi connectivity index (χ1n) is 15.4. The van der Waals surface area contributed by atoms with Gasteiger partial charge in [0.15, 0.2) is 11.6 Å². The van der Waals surface area contributed by atoms with Gasteiger partial charge in [-0.1, -0.05) is 36.4 Å². The molecule has 0 aliphatic carbocycles. The van der Waals surface area contributed by atoms with Gasteiger partial charge in [-0.2, -0.15) is 0 Å². The van der Waals surface area contributed by atoms with Crippen molar-refractivity contribution in [3.05, 3.63) is 94.8 Å². The average molecular weight is 617 g/mol. The zero-order chi connectivity index (χ0) is 32.2. The van der Waals surface area contributed by atoms with Gasteiger partial charge in [-0.05, 0) is 62.5 Å². The number of Topliss-reactive ketones (excluding diaryl/α,β-unsaturated/α-hetero) is 2. The van der Waals surface area contributed by atoms with Crippen molar-refractivity contribution < 1.29 is 29.0 Å². The van der Waals surface area contributed by atoms with E-state index in [0.29, 0.717) is 55.0 Å². The average Bonchev–Trinajstić information content (AvgIpc) is 3.38. The van der Waals surface area contributed by atoms with Crippen molar-refractivity contribution in [1.29, 1.82) is 0 Å². The van der Waals surface area contributed by atoms with Crippen molar-refractivity contribution in [2.75, 3.05) is 66.5 Å². The van der Waals surface area contributed by atoms with Crippen molar-refractivity contribution >= 4 is 17.6 Å². The fourth-order valence-electron chi connectivity index (χ4n) is 6.61. The molecule has 2 unspecified atom stereocenters. The number of likely N-dealkylation sites (tertiary alicyclic amines) is 1. The molecule has 2 aliphatic heterocycles. The van der Waals surface area contributed by atoms with E-state index >= 15 is 0 Å². The van der Waals surface area contributed by atoms with Crippen LogP contribution in [0.5, 0.6) is 11.5 Å². The van der Waals surface area contributed by atoms with Crippen molar-refractivity contribution in [2.45, 2.75) is 12.8 Å². The normalized spacial score (nSPS) is 20.6. The summed E-state index contributed by atoms with van der Waals surface area (Å²) >= 11 is 0. The van der Waals surface area contributed by atoms with Gasteiger partial charge in [-0.15, -0.1) is 0 Å². The van der Waals surface area contributed by atoms with Gasteiger partial charge in [0.25, 0.3) is 0 Å². The molecule has 2 aliphatic rings. The van der Waals surface area contributed by atoms with Gasteiger partial charge in [-0.3, -0.25) is 9.59 Å². The largest absolute Gasteiger partial charge is 0.508 e. The Bertz CT molecular complexity index is 1490. The monoisotopic (exact) mass is 616 g/mol. The predicted molar refractivity (Wildman–Crippen MR) is 169 cm³/mol. The molecule has 45 heavy (non-hydrogen) atoms. The topological polar surface area (TPSA) is 105 Å². The van der Waals surface area contributed by atoms with Crippen LogP contribution >= 0.6 is 0 Å². The van der Waals surface area contributed by atoms with Gasteiger partial charge in [-0.25, -0.2) is 9.18 Å². The second-order valence-corrected chi connectivity index (χ2v) is 12.3. The van der Waals surface area contributed by atoms with Crippen LogP contribution in [0, 0.1) is 24.6 Å². The number of carbonyl (C=O) groups is 3. The quantitative estimate of drug-likeness (QED) is 0.311. The summed E-state index contributed by atoms with van der Waals surface area (Å²) in [5, 5.41) is 20.4. The molecule has 0 spiro atoms. The van der Waals surface area contributed by atoms with Gasteiger partial charge >= 0.3 is 6.03 Å². The number of benzene rings is 3. The zero-order valence-electron chi connectivity index (χ0n) is 26.0. The molecule has 9 nitrogen and oxygen atoms in total. The van der Waals surface area contributed by atoms with Gasteiger partial charge in [0.2, 0.25) is 0 Å². The van der Waals surface area contributed by atoms with Crippen molar-refractivity contribution in [1.82, 2.24) is 19.6 Å². The summed E-state index contributed by atoms with van der Waals surface area (Å²) in [7, 11) is 3.94. The minimum Gasteiger partial charge on any atom is -0.508 e. The van der Waals surface area contributed by atoms with E-state index in [0.717, 1.165) is 6.54 Å². The number of hydrogen-bond donors (Lipinski definition) is 2. The summed E-state index contributed by atoms with van der Waals surface area (Å²) in [6.07, 6.45) is 0. The molecule has 5 rings (SSSR count). The summed E-state index contributed by atoms with van der Waals surface area (Å²) in [5.41, 5.74) is 1.56. The Morgan fingerprint density at radius 1 is 0.822 bits per heavy atom. The molecule has 10 heteroatoms. The summed E-state index contributed by atoms with van der Waals surface area (Å²) in [6.45, 7) is 5.75. The maximum Gasteiger partial charge on any atom is 0.320 e. The third kappa shape index (κ3) is 7.18. The highest BCUT2D eigenvalue weighted by Gasteiger charge is 2.45. The Kier molecular flexibility index (Phi) is 9.84. The lowest BCUT2D eigenvalue weighted by Crippen LogP contribution is -2.52. The Morgan fingerprint density at radius 3 is 1.89 bits per heavy atom. The molecule has 2 heterocycles. The second kappa shape index (κ2) is 13.8. The minimum absolute atomic E-state index is 0.0260. The number of phenolic OH excluding ortho intramolecular Hbond substituents is 2. The number of urea groups is 1.